The van der Waals surface area contributed by atoms with Gasteiger partial charge in [-0.3, -0.25) is 0 Å². The number of rotatable bonds is 3. The lowest BCUT2D eigenvalue weighted by atomic mass is 9.93. The highest BCUT2D eigenvalue weighted by Gasteiger charge is 2.13. The van der Waals surface area contributed by atoms with Gasteiger partial charge in [-0.05, 0) is 44.7 Å². The van der Waals surface area contributed by atoms with Gasteiger partial charge < -0.3 is 10.4 Å². The van der Waals surface area contributed by atoms with Gasteiger partial charge in [-0.15, -0.1) is 11.3 Å². The molecule has 2 heterocycles. The van der Waals surface area contributed by atoms with Crippen molar-refractivity contribution in [3.05, 3.63) is 10.4 Å². The molecule has 1 aliphatic heterocycles. The van der Waals surface area contributed by atoms with Gasteiger partial charge in [-0.2, -0.15) is 0 Å². The molecule has 2 rings (SSSR count). The third kappa shape index (κ3) is 2.69. The molecule has 0 amide bonds. The topological polar surface area (TPSA) is 45.1 Å². The first-order chi connectivity index (χ1) is 6.84. The Morgan fingerprint density at radius 1 is 1.50 bits per heavy atom. The molecule has 0 unspecified atom stereocenters. The SMILES string of the molecule is Oc1csc(CCC2CCNCC2)n1. The molecule has 0 bridgehead atoms. The van der Waals surface area contributed by atoms with Gasteiger partial charge in [-0.25, -0.2) is 4.98 Å². The molecule has 0 aliphatic carbocycles. The fraction of sp³-hybridized carbons (Fsp3) is 0.700. The highest BCUT2D eigenvalue weighted by molar-refractivity contribution is 7.09. The number of aryl methyl sites for hydroxylation is 1. The first-order valence-electron chi connectivity index (χ1n) is 5.18. The number of aromatic hydroxyl groups is 1. The molecule has 0 radical (unpaired) electrons. The molecule has 1 aromatic rings. The second-order valence-electron chi connectivity index (χ2n) is 3.83. The quantitative estimate of drug-likeness (QED) is 0.802. The Kier molecular flexibility index (Phi) is 3.37. The van der Waals surface area contributed by atoms with Crippen LogP contribution in [0.1, 0.15) is 24.3 Å². The van der Waals surface area contributed by atoms with E-state index in [1.807, 2.05) is 0 Å². The summed E-state index contributed by atoms with van der Waals surface area (Å²) in [5.74, 6) is 1.03. The summed E-state index contributed by atoms with van der Waals surface area (Å²) in [5.41, 5.74) is 0. The third-order valence-corrected chi connectivity index (χ3v) is 3.66. The van der Waals surface area contributed by atoms with E-state index in [2.05, 4.69) is 10.3 Å². The molecule has 1 fully saturated rings. The molecule has 0 aromatic carbocycles. The maximum atomic E-state index is 9.08. The van der Waals surface area contributed by atoms with Gasteiger partial charge in [-0.1, -0.05) is 0 Å². The van der Waals surface area contributed by atoms with Gasteiger partial charge in [0.1, 0.15) is 0 Å². The van der Waals surface area contributed by atoms with Crippen LogP contribution in [0.4, 0.5) is 0 Å². The number of hydrogen-bond donors (Lipinski definition) is 2. The lowest BCUT2D eigenvalue weighted by molar-refractivity contribution is 0.354. The fourth-order valence-corrected chi connectivity index (χ4v) is 2.59. The predicted molar refractivity (Wildman–Crippen MR) is 57.7 cm³/mol. The molecule has 14 heavy (non-hydrogen) atoms. The van der Waals surface area contributed by atoms with Crippen LogP contribution in [0.3, 0.4) is 0 Å². The van der Waals surface area contributed by atoms with Crippen LogP contribution in [0, 0.1) is 5.92 Å². The zero-order chi connectivity index (χ0) is 9.80. The molecule has 2 N–H and O–H groups in total. The predicted octanol–water partition coefficient (Wildman–Crippen LogP) is 1.78. The van der Waals surface area contributed by atoms with E-state index in [1.54, 1.807) is 16.7 Å². The summed E-state index contributed by atoms with van der Waals surface area (Å²) in [4.78, 5) is 4.05. The molecule has 4 heteroatoms. The maximum Gasteiger partial charge on any atom is 0.222 e. The van der Waals surface area contributed by atoms with Crippen molar-refractivity contribution in [1.82, 2.24) is 10.3 Å². The number of nitrogens with one attached hydrogen (secondary N) is 1. The zero-order valence-electron chi connectivity index (χ0n) is 8.20. The number of nitrogens with zero attached hydrogens (tertiary/aromatic N) is 1. The number of piperidine rings is 1. The minimum atomic E-state index is 0.176. The Morgan fingerprint density at radius 2 is 2.29 bits per heavy atom. The standard InChI is InChI=1S/C10H16N2OS/c13-9-7-14-10(12-9)2-1-8-3-5-11-6-4-8/h7-8,11,13H,1-6H2. The van der Waals surface area contributed by atoms with E-state index in [-0.39, 0.29) is 5.88 Å². The summed E-state index contributed by atoms with van der Waals surface area (Å²) < 4.78 is 0. The summed E-state index contributed by atoms with van der Waals surface area (Å²) in [6, 6.07) is 0. The second-order valence-corrected chi connectivity index (χ2v) is 4.77. The molecular formula is C10H16N2OS. The second kappa shape index (κ2) is 4.75. The molecule has 0 saturated carbocycles. The summed E-state index contributed by atoms with van der Waals surface area (Å²) in [5, 5.41) is 15.2. The van der Waals surface area contributed by atoms with Crippen LogP contribution in [0.2, 0.25) is 0 Å². The van der Waals surface area contributed by atoms with Gasteiger partial charge in [0.25, 0.3) is 0 Å². The van der Waals surface area contributed by atoms with Crippen LogP contribution in [-0.2, 0) is 6.42 Å². The lowest BCUT2D eigenvalue weighted by Gasteiger charge is -2.21. The van der Waals surface area contributed by atoms with E-state index < -0.39 is 0 Å². The summed E-state index contributed by atoms with van der Waals surface area (Å²) in [6.45, 7) is 2.32. The first kappa shape index (κ1) is 9.93. The van der Waals surface area contributed by atoms with Crippen molar-refractivity contribution in [3.63, 3.8) is 0 Å². The van der Waals surface area contributed by atoms with Crippen LogP contribution in [-0.4, -0.2) is 23.2 Å². The van der Waals surface area contributed by atoms with Crippen molar-refractivity contribution < 1.29 is 5.11 Å². The van der Waals surface area contributed by atoms with E-state index in [4.69, 9.17) is 5.11 Å². The van der Waals surface area contributed by atoms with E-state index in [1.165, 1.54) is 19.3 Å². The Bertz CT molecular complexity index is 281. The van der Waals surface area contributed by atoms with Crippen molar-refractivity contribution in [2.45, 2.75) is 25.7 Å². The lowest BCUT2D eigenvalue weighted by Crippen LogP contribution is -2.27. The highest BCUT2D eigenvalue weighted by Crippen LogP contribution is 2.21. The van der Waals surface area contributed by atoms with E-state index in [9.17, 15) is 0 Å². The minimum absolute atomic E-state index is 0.176. The van der Waals surface area contributed by atoms with Crippen molar-refractivity contribution in [2.75, 3.05) is 13.1 Å². The molecule has 0 spiro atoms. The molecule has 1 aromatic heterocycles. The van der Waals surface area contributed by atoms with Crippen LogP contribution in [0.15, 0.2) is 5.38 Å². The summed E-state index contributed by atoms with van der Waals surface area (Å²) in [6.07, 6.45) is 4.82. The third-order valence-electron chi connectivity index (χ3n) is 2.76. The van der Waals surface area contributed by atoms with Gasteiger partial charge in [0.15, 0.2) is 0 Å². The molecule has 78 valence electrons. The Balaban J connectivity index is 1.76. The Morgan fingerprint density at radius 3 is 2.93 bits per heavy atom. The van der Waals surface area contributed by atoms with Crippen molar-refractivity contribution >= 4 is 11.3 Å². The summed E-state index contributed by atoms with van der Waals surface area (Å²) in [7, 11) is 0. The highest BCUT2D eigenvalue weighted by atomic mass is 32.1. The monoisotopic (exact) mass is 212 g/mol. The van der Waals surface area contributed by atoms with Crippen LogP contribution < -0.4 is 5.32 Å². The number of thiazole rings is 1. The van der Waals surface area contributed by atoms with Gasteiger partial charge in [0, 0.05) is 0 Å². The van der Waals surface area contributed by atoms with Crippen molar-refractivity contribution in [3.8, 4) is 5.88 Å². The van der Waals surface area contributed by atoms with Gasteiger partial charge in [0.05, 0.1) is 10.4 Å². The average Bonchev–Trinajstić information content (AvgIpc) is 2.63. The average molecular weight is 212 g/mol. The molecular weight excluding hydrogens is 196 g/mol. The zero-order valence-corrected chi connectivity index (χ0v) is 9.02. The normalized spacial score (nSPS) is 18.6. The van der Waals surface area contributed by atoms with E-state index in [0.717, 1.165) is 30.4 Å². The molecule has 1 saturated heterocycles. The van der Waals surface area contributed by atoms with Gasteiger partial charge in [0.2, 0.25) is 5.88 Å². The van der Waals surface area contributed by atoms with Crippen LogP contribution in [0.25, 0.3) is 0 Å². The largest absolute Gasteiger partial charge is 0.493 e. The smallest absolute Gasteiger partial charge is 0.222 e. The first-order valence-corrected chi connectivity index (χ1v) is 6.06. The molecule has 3 nitrogen and oxygen atoms in total. The van der Waals surface area contributed by atoms with Crippen LogP contribution in [0.5, 0.6) is 5.88 Å². The minimum Gasteiger partial charge on any atom is -0.493 e. The summed E-state index contributed by atoms with van der Waals surface area (Å²) >= 11 is 1.56. The maximum absolute atomic E-state index is 9.08. The Labute approximate surface area is 88.2 Å². The van der Waals surface area contributed by atoms with Crippen molar-refractivity contribution in [2.24, 2.45) is 5.92 Å². The van der Waals surface area contributed by atoms with Crippen molar-refractivity contribution in [1.29, 1.82) is 0 Å². The fourth-order valence-electron chi connectivity index (χ4n) is 1.91. The number of hydrogen-bond acceptors (Lipinski definition) is 4. The van der Waals surface area contributed by atoms with Gasteiger partial charge >= 0.3 is 0 Å². The Hall–Kier alpha value is -0.610. The van der Waals surface area contributed by atoms with Crippen LogP contribution >= 0.6 is 11.3 Å². The molecule has 1 aliphatic rings. The van der Waals surface area contributed by atoms with E-state index >= 15 is 0 Å². The molecule has 0 atom stereocenters. The number of aromatic nitrogens is 1. The van der Waals surface area contributed by atoms with E-state index in [0.29, 0.717) is 0 Å².